The van der Waals surface area contributed by atoms with Crippen molar-refractivity contribution in [2.45, 2.75) is 33.1 Å². The Morgan fingerprint density at radius 2 is 1.67 bits per heavy atom. The molecule has 1 amide bonds. The fourth-order valence-electron chi connectivity index (χ4n) is 2.06. The Balaban J connectivity index is 1.98. The van der Waals surface area contributed by atoms with Crippen LogP contribution in [-0.2, 0) is 31.0 Å². The molecule has 1 N–H and O–H groups in total. The molecule has 3 rings (SSSR count). The number of nitrogens with one attached hydrogen (secondary N) is 1. The van der Waals surface area contributed by atoms with Crippen LogP contribution in [0.1, 0.15) is 29.7 Å². The van der Waals surface area contributed by atoms with E-state index in [-0.39, 0.29) is 5.91 Å². The number of carbonyl (C=O) groups is 1. The van der Waals surface area contributed by atoms with Crippen LogP contribution in [0.3, 0.4) is 0 Å². The maximum absolute atomic E-state index is 11.2. The van der Waals surface area contributed by atoms with Gasteiger partial charge in [-0.15, -0.1) is 0 Å². The zero-order valence-corrected chi connectivity index (χ0v) is 8.58. The molecule has 3 heterocycles. The van der Waals surface area contributed by atoms with Crippen LogP contribution in [0.25, 0.3) is 0 Å². The molecule has 0 bridgehead atoms. The lowest BCUT2D eigenvalue weighted by molar-refractivity contribution is -0.129. The zero-order valence-electron chi connectivity index (χ0n) is 8.58. The van der Waals surface area contributed by atoms with E-state index in [4.69, 9.17) is 0 Å². The van der Waals surface area contributed by atoms with Gasteiger partial charge in [0.1, 0.15) is 0 Å². The van der Waals surface area contributed by atoms with E-state index in [2.05, 4.69) is 15.3 Å². The van der Waals surface area contributed by atoms with Crippen molar-refractivity contribution in [1.82, 2.24) is 20.2 Å². The highest BCUT2D eigenvalue weighted by atomic mass is 16.2. The summed E-state index contributed by atoms with van der Waals surface area (Å²) in [5.74, 6) is 0.0908. The Morgan fingerprint density at radius 1 is 1.13 bits per heavy atom. The lowest BCUT2D eigenvalue weighted by Crippen LogP contribution is -2.22. The Morgan fingerprint density at radius 3 is 2.13 bits per heavy atom. The number of carbonyl (C=O) groups excluding carboxylic acids is 1. The van der Waals surface area contributed by atoms with E-state index in [9.17, 15) is 4.79 Å². The molecule has 1 aromatic rings. The molecular formula is C10H12N4O. The van der Waals surface area contributed by atoms with E-state index in [0.717, 1.165) is 35.9 Å². The number of hydrogen-bond acceptors (Lipinski definition) is 4. The van der Waals surface area contributed by atoms with E-state index in [1.54, 1.807) is 11.8 Å². The van der Waals surface area contributed by atoms with Crippen LogP contribution in [0.2, 0.25) is 0 Å². The van der Waals surface area contributed by atoms with Crippen molar-refractivity contribution in [2.24, 2.45) is 0 Å². The predicted molar refractivity (Wildman–Crippen MR) is 52.5 cm³/mol. The minimum atomic E-state index is 0.0908. The quantitative estimate of drug-likeness (QED) is 0.643. The van der Waals surface area contributed by atoms with Crippen molar-refractivity contribution in [3.63, 3.8) is 0 Å². The van der Waals surface area contributed by atoms with Crippen molar-refractivity contribution in [3.8, 4) is 0 Å². The van der Waals surface area contributed by atoms with E-state index >= 15 is 0 Å². The molecule has 0 saturated carbocycles. The van der Waals surface area contributed by atoms with Crippen LogP contribution in [0.5, 0.6) is 0 Å². The summed E-state index contributed by atoms with van der Waals surface area (Å²) in [7, 11) is 0. The smallest absolute Gasteiger partial charge is 0.220 e. The van der Waals surface area contributed by atoms with Gasteiger partial charge >= 0.3 is 0 Å². The summed E-state index contributed by atoms with van der Waals surface area (Å²) in [6, 6.07) is 0. The molecule has 15 heavy (non-hydrogen) atoms. The number of hydrogen-bond donors (Lipinski definition) is 1. The minimum absolute atomic E-state index is 0.0908. The van der Waals surface area contributed by atoms with E-state index in [1.807, 2.05) is 0 Å². The topological polar surface area (TPSA) is 58.1 Å². The molecule has 2 aliphatic heterocycles. The predicted octanol–water partition coefficient (Wildman–Crippen LogP) is -0.0581. The van der Waals surface area contributed by atoms with E-state index in [0.29, 0.717) is 13.1 Å². The third kappa shape index (κ3) is 1.31. The molecule has 0 atom stereocenters. The first-order valence-electron chi connectivity index (χ1n) is 5.08. The van der Waals surface area contributed by atoms with Gasteiger partial charge in [-0.1, -0.05) is 0 Å². The van der Waals surface area contributed by atoms with Crippen molar-refractivity contribution in [2.75, 3.05) is 0 Å². The van der Waals surface area contributed by atoms with Gasteiger partial charge in [0.25, 0.3) is 0 Å². The second kappa shape index (κ2) is 3.00. The van der Waals surface area contributed by atoms with Gasteiger partial charge in [0, 0.05) is 20.0 Å². The Bertz CT molecular complexity index is 410. The van der Waals surface area contributed by atoms with Gasteiger partial charge in [-0.2, -0.15) is 0 Å². The summed E-state index contributed by atoms with van der Waals surface area (Å²) in [5.41, 5.74) is 4.01. The first-order chi connectivity index (χ1) is 7.24. The summed E-state index contributed by atoms with van der Waals surface area (Å²) < 4.78 is 0. The molecule has 5 nitrogen and oxygen atoms in total. The fourth-order valence-corrected chi connectivity index (χ4v) is 2.06. The number of rotatable bonds is 0. The molecule has 0 fully saturated rings. The molecule has 0 spiro atoms. The van der Waals surface area contributed by atoms with Crippen LogP contribution < -0.4 is 5.32 Å². The Labute approximate surface area is 87.5 Å². The van der Waals surface area contributed by atoms with Crippen LogP contribution in [-0.4, -0.2) is 20.8 Å². The minimum Gasteiger partial charge on any atom is -0.331 e. The highest BCUT2D eigenvalue weighted by Crippen LogP contribution is 2.22. The standard InChI is InChI=1S/C10H12N4O/c1-6(15)14-4-9-10(5-14)13-8-3-11-2-7(8)12-9/h11H,2-5H2,1H3. The maximum atomic E-state index is 11.2. The molecule has 5 heteroatoms. The highest BCUT2D eigenvalue weighted by Gasteiger charge is 2.26. The first kappa shape index (κ1) is 8.79. The molecule has 78 valence electrons. The van der Waals surface area contributed by atoms with Gasteiger partial charge in [0.2, 0.25) is 5.91 Å². The Kier molecular flexibility index (Phi) is 1.76. The summed E-state index contributed by atoms with van der Waals surface area (Å²) in [6.45, 7) is 4.42. The molecule has 1 aromatic heterocycles. The number of aromatic nitrogens is 2. The van der Waals surface area contributed by atoms with Gasteiger partial charge in [-0.3, -0.25) is 14.8 Å². The SMILES string of the molecule is CC(=O)N1Cc2nc3c(nc2C1)CNC3. The molecule has 2 aliphatic rings. The normalized spacial score (nSPS) is 17.8. The lowest BCUT2D eigenvalue weighted by atomic mass is 10.3. The summed E-state index contributed by atoms with van der Waals surface area (Å²) >= 11 is 0. The average Bonchev–Trinajstić information content (AvgIpc) is 2.77. The van der Waals surface area contributed by atoms with Crippen LogP contribution >= 0.6 is 0 Å². The largest absolute Gasteiger partial charge is 0.331 e. The second-order valence-corrected chi connectivity index (χ2v) is 3.99. The highest BCUT2D eigenvalue weighted by molar-refractivity contribution is 5.73. The monoisotopic (exact) mass is 204 g/mol. The molecule has 0 saturated heterocycles. The van der Waals surface area contributed by atoms with Crippen LogP contribution in [0.15, 0.2) is 0 Å². The third-order valence-corrected chi connectivity index (χ3v) is 2.92. The van der Waals surface area contributed by atoms with Gasteiger partial charge in [0.15, 0.2) is 0 Å². The number of amides is 1. The lowest BCUT2D eigenvalue weighted by Gasteiger charge is -2.10. The van der Waals surface area contributed by atoms with E-state index in [1.165, 1.54) is 0 Å². The summed E-state index contributed by atoms with van der Waals surface area (Å²) in [4.78, 5) is 22.1. The van der Waals surface area contributed by atoms with Gasteiger partial charge < -0.3 is 10.2 Å². The molecule has 0 unspecified atom stereocenters. The first-order valence-corrected chi connectivity index (χ1v) is 5.08. The zero-order chi connectivity index (χ0) is 10.4. The van der Waals surface area contributed by atoms with E-state index < -0.39 is 0 Å². The Hall–Kier alpha value is -1.49. The van der Waals surface area contributed by atoms with Crippen molar-refractivity contribution >= 4 is 5.91 Å². The third-order valence-electron chi connectivity index (χ3n) is 2.92. The molecule has 0 aliphatic carbocycles. The second-order valence-electron chi connectivity index (χ2n) is 3.99. The van der Waals surface area contributed by atoms with Crippen LogP contribution in [0.4, 0.5) is 0 Å². The summed E-state index contributed by atoms with van der Waals surface area (Å²) in [5, 5.41) is 3.22. The van der Waals surface area contributed by atoms with Gasteiger partial charge in [-0.05, 0) is 0 Å². The van der Waals surface area contributed by atoms with Gasteiger partial charge in [0.05, 0.1) is 35.9 Å². The molecule has 0 aromatic carbocycles. The van der Waals surface area contributed by atoms with Crippen molar-refractivity contribution in [1.29, 1.82) is 0 Å². The number of nitrogens with zero attached hydrogens (tertiary/aromatic N) is 3. The van der Waals surface area contributed by atoms with Crippen LogP contribution in [0, 0.1) is 0 Å². The van der Waals surface area contributed by atoms with Crippen molar-refractivity contribution < 1.29 is 4.79 Å². The fraction of sp³-hybridized carbons (Fsp3) is 0.500. The maximum Gasteiger partial charge on any atom is 0.220 e. The average molecular weight is 204 g/mol. The van der Waals surface area contributed by atoms with Crippen molar-refractivity contribution in [3.05, 3.63) is 22.8 Å². The summed E-state index contributed by atoms with van der Waals surface area (Å²) in [6.07, 6.45) is 0. The number of fused-ring (bicyclic) bond motifs is 2. The van der Waals surface area contributed by atoms with Gasteiger partial charge in [-0.25, -0.2) is 0 Å². The molecule has 0 radical (unpaired) electrons. The molecular weight excluding hydrogens is 192 g/mol.